The maximum absolute atomic E-state index is 12.2. The van der Waals surface area contributed by atoms with Crippen molar-refractivity contribution in [2.45, 2.75) is 58.8 Å². The van der Waals surface area contributed by atoms with Gasteiger partial charge in [0.2, 0.25) is 5.91 Å². The zero-order chi connectivity index (χ0) is 17.2. The van der Waals surface area contributed by atoms with Crippen LogP contribution in [0.5, 0.6) is 0 Å². The van der Waals surface area contributed by atoms with E-state index in [1.165, 1.54) is 24.8 Å². The first-order valence-electron chi connectivity index (χ1n) is 9.10. The van der Waals surface area contributed by atoms with Crippen LogP contribution in [0.4, 0.5) is 0 Å². The number of pyridine rings is 1. The average molecular weight is 324 g/mol. The van der Waals surface area contributed by atoms with Crippen molar-refractivity contribution < 1.29 is 4.79 Å². The van der Waals surface area contributed by atoms with Crippen LogP contribution in [0.25, 0.3) is 0 Å². The summed E-state index contributed by atoms with van der Waals surface area (Å²) in [6, 6.07) is 5.88. The van der Waals surface area contributed by atoms with Crippen LogP contribution in [0.3, 0.4) is 0 Å². The number of carbonyl (C=O) groups excluding carboxylic acids is 1. The van der Waals surface area contributed by atoms with E-state index < -0.39 is 0 Å². The van der Waals surface area contributed by atoms with Crippen molar-refractivity contribution in [3.63, 3.8) is 0 Å². The minimum atomic E-state index is 0.320. The molecule has 0 aromatic carbocycles. The Hall–Kier alpha value is -2.08. The Morgan fingerprint density at radius 1 is 1.25 bits per heavy atom. The number of nitrogens with zero attached hydrogens (tertiary/aromatic N) is 2. The fourth-order valence-electron chi connectivity index (χ4n) is 2.87. The third-order valence-electron chi connectivity index (χ3n) is 4.37. The molecule has 1 aliphatic rings. The number of amides is 1. The molecule has 1 saturated heterocycles. The number of piperidine rings is 1. The van der Waals surface area contributed by atoms with Gasteiger partial charge in [-0.1, -0.05) is 43.7 Å². The molecule has 1 aromatic rings. The normalized spacial score (nSPS) is 14.1. The molecule has 0 N–H and O–H groups in total. The largest absolute Gasteiger partial charge is 0.342 e. The lowest BCUT2D eigenvalue weighted by atomic mass is 10.0. The van der Waals surface area contributed by atoms with E-state index in [0.29, 0.717) is 12.3 Å². The quantitative estimate of drug-likeness (QED) is 0.599. The molecule has 2 heterocycles. The highest BCUT2D eigenvalue weighted by Crippen LogP contribution is 2.17. The summed E-state index contributed by atoms with van der Waals surface area (Å²) in [7, 11) is 0. The fraction of sp³-hybridized carbons (Fsp3) is 0.524. The van der Waals surface area contributed by atoms with Crippen LogP contribution in [-0.4, -0.2) is 28.9 Å². The second-order valence-corrected chi connectivity index (χ2v) is 6.43. The highest BCUT2D eigenvalue weighted by molar-refractivity contribution is 5.76. The van der Waals surface area contributed by atoms with Gasteiger partial charge in [-0.3, -0.25) is 4.79 Å². The first kappa shape index (κ1) is 18.3. The van der Waals surface area contributed by atoms with Crippen LogP contribution in [0.1, 0.15) is 63.3 Å². The molecule has 2 rings (SSSR count). The Morgan fingerprint density at radius 2 is 2.04 bits per heavy atom. The molecule has 0 spiro atoms. The summed E-state index contributed by atoms with van der Waals surface area (Å²) in [6.07, 6.45) is 9.24. The van der Waals surface area contributed by atoms with E-state index in [1.807, 2.05) is 36.1 Å². The van der Waals surface area contributed by atoms with E-state index in [2.05, 4.69) is 23.7 Å². The molecule has 1 fully saturated rings. The standard InChI is InChI=1S/C21H28N2O/c1-3-4-5-6-13-21(24)23-16-14-19(15-17-23)10-8-12-20-11-7-9-18(2)22-20/h7,9-11H,3-6,13-17H2,1-2H3. The van der Waals surface area contributed by atoms with Crippen LogP contribution < -0.4 is 0 Å². The second kappa shape index (κ2) is 9.93. The lowest BCUT2D eigenvalue weighted by Gasteiger charge is -2.28. The molecular weight excluding hydrogens is 296 g/mol. The Labute approximate surface area is 146 Å². The zero-order valence-corrected chi connectivity index (χ0v) is 15.0. The highest BCUT2D eigenvalue weighted by Gasteiger charge is 2.18. The fourth-order valence-corrected chi connectivity index (χ4v) is 2.87. The van der Waals surface area contributed by atoms with Crippen molar-refractivity contribution in [1.29, 1.82) is 0 Å². The molecule has 0 saturated carbocycles. The van der Waals surface area contributed by atoms with Gasteiger partial charge in [0.1, 0.15) is 5.69 Å². The molecule has 24 heavy (non-hydrogen) atoms. The van der Waals surface area contributed by atoms with Gasteiger partial charge >= 0.3 is 0 Å². The van der Waals surface area contributed by atoms with Gasteiger partial charge in [-0.05, 0) is 50.3 Å². The summed E-state index contributed by atoms with van der Waals surface area (Å²) in [5.74, 6) is 6.52. The lowest BCUT2D eigenvalue weighted by molar-refractivity contribution is -0.131. The average Bonchev–Trinajstić information content (AvgIpc) is 2.59. The molecule has 128 valence electrons. The molecule has 0 aliphatic carbocycles. The van der Waals surface area contributed by atoms with Crippen LogP contribution >= 0.6 is 0 Å². The van der Waals surface area contributed by atoms with E-state index in [9.17, 15) is 4.79 Å². The van der Waals surface area contributed by atoms with Gasteiger partial charge in [0.25, 0.3) is 0 Å². The van der Waals surface area contributed by atoms with Crippen LogP contribution in [0, 0.1) is 18.8 Å². The van der Waals surface area contributed by atoms with E-state index in [0.717, 1.165) is 43.7 Å². The SMILES string of the molecule is CCCCCCC(=O)N1CCC(=CC#Cc2cccc(C)n2)CC1. The highest BCUT2D eigenvalue weighted by atomic mass is 16.2. The summed E-state index contributed by atoms with van der Waals surface area (Å²) < 4.78 is 0. The predicted molar refractivity (Wildman–Crippen MR) is 98.5 cm³/mol. The summed E-state index contributed by atoms with van der Waals surface area (Å²) in [5.41, 5.74) is 3.14. The van der Waals surface area contributed by atoms with Gasteiger partial charge in [-0.15, -0.1) is 0 Å². The molecular formula is C21H28N2O. The first-order valence-corrected chi connectivity index (χ1v) is 9.10. The van der Waals surface area contributed by atoms with Crippen molar-refractivity contribution in [3.8, 4) is 11.8 Å². The van der Waals surface area contributed by atoms with Crippen molar-refractivity contribution in [3.05, 3.63) is 41.2 Å². The topological polar surface area (TPSA) is 33.2 Å². The second-order valence-electron chi connectivity index (χ2n) is 6.43. The number of aromatic nitrogens is 1. The number of hydrogen-bond acceptors (Lipinski definition) is 2. The Kier molecular flexibility index (Phi) is 7.55. The first-order chi connectivity index (χ1) is 11.7. The van der Waals surface area contributed by atoms with E-state index in [1.54, 1.807) is 0 Å². The smallest absolute Gasteiger partial charge is 0.222 e. The van der Waals surface area contributed by atoms with Gasteiger partial charge in [-0.2, -0.15) is 0 Å². The summed E-state index contributed by atoms with van der Waals surface area (Å²) >= 11 is 0. The Morgan fingerprint density at radius 3 is 2.75 bits per heavy atom. The molecule has 1 aliphatic heterocycles. The number of rotatable bonds is 5. The monoisotopic (exact) mass is 324 g/mol. The maximum Gasteiger partial charge on any atom is 0.222 e. The summed E-state index contributed by atoms with van der Waals surface area (Å²) in [6.45, 7) is 5.84. The molecule has 3 nitrogen and oxygen atoms in total. The van der Waals surface area contributed by atoms with Gasteiger partial charge in [0.15, 0.2) is 0 Å². The number of aryl methyl sites for hydroxylation is 1. The van der Waals surface area contributed by atoms with Crippen LogP contribution in [-0.2, 0) is 4.79 Å². The van der Waals surface area contributed by atoms with Gasteiger partial charge in [0.05, 0.1) is 0 Å². The zero-order valence-electron chi connectivity index (χ0n) is 15.0. The minimum absolute atomic E-state index is 0.320. The minimum Gasteiger partial charge on any atom is -0.342 e. The third-order valence-corrected chi connectivity index (χ3v) is 4.37. The van der Waals surface area contributed by atoms with Crippen molar-refractivity contribution >= 4 is 5.91 Å². The lowest BCUT2D eigenvalue weighted by Crippen LogP contribution is -2.36. The van der Waals surface area contributed by atoms with E-state index in [-0.39, 0.29) is 0 Å². The van der Waals surface area contributed by atoms with Crippen LogP contribution in [0.15, 0.2) is 29.8 Å². The van der Waals surface area contributed by atoms with Gasteiger partial charge in [0, 0.05) is 25.2 Å². The van der Waals surface area contributed by atoms with E-state index in [4.69, 9.17) is 0 Å². The van der Waals surface area contributed by atoms with Gasteiger partial charge in [-0.25, -0.2) is 4.98 Å². The van der Waals surface area contributed by atoms with E-state index >= 15 is 0 Å². The molecule has 0 bridgehead atoms. The van der Waals surface area contributed by atoms with Crippen molar-refractivity contribution in [1.82, 2.24) is 9.88 Å². The molecule has 0 unspecified atom stereocenters. The van der Waals surface area contributed by atoms with Crippen LogP contribution in [0.2, 0.25) is 0 Å². The molecule has 1 amide bonds. The molecule has 0 atom stereocenters. The number of allylic oxidation sites excluding steroid dienone is 1. The molecule has 3 heteroatoms. The Bertz CT molecular complexity index is 627. The number of hydrogen-bond donors (Lipinski definition) is 0. The number of carbonyl (C=O) groups is 1. The van der Waals surface area contributed by atoms with Crippen molar-refractivity contribution in [2.24, 2.45) is 0 Å². The Balaban J connectivity index is 1.77. The number of unbranched alkanes of at least 4 members (excludes halogenated alkanes) is 3. The molecule has 1 aromatic heterocycles. The number of likely N-dealkylation sites (tertiary alicyclic amines) is 1. The predicted octanol–water partition coefficient (Wildman–Crippen LogP) is 4.26. The summed E-state index contributed by atoms with van der Waals surface area (Å²) in [4.78, 5) is 18.6. The third kappa shape index (κ3) is 6.20. The molecule has 0 radical (unpaired) electrons. The maximum atomic E-state index is 12.2. The van der Waals surface area contributed by atoms with Crippen molar-refractivity contribution in [2.75, 3.05) is 13.1 Å². The van der Waals surface area contributed by atoms with Gasteiger partial charge < -0.3 is 4.90 Å². The summed E-state index contributed by atoms with van der Waals surface area (Å²) in [5, 5.41) is 0.